The second kappa shape index (κ2) is 13.5. The van der Waals surface area contributed by atoms with Crippen LogP contribution >= 0.6 is 0 Å². The molecule has 1 aromatic rings. The summed E-state index contributed by atoms with van der Waals surface area (Å²) < 4.78 is 9.87. The zero-order chi connectivity index (χ0) is 27.6. The summed E-state index contributed by atoms with van der Waals surface area (Å²) in [5, 5.41) is 5.01. The number of aryl methyl sites for hydroxylation is 2. The molecule has 0 fully saturated rings. The summed E-state index contributed by atoms with van der Waals surface area (Å²) in [5.74, 6) is -2.51. The number of primary amides is 1. The largest absolute Gasteiger partial charge is 0.468 e. The number of amides is 4. The van der Waals surface area contributed by atoms with Crippen molar-refractivity contribution in [1.29, 1.82) is 0 Å². The number of likely N-dealkylation sites (N-methyl/N-ethyl adjacent to an activating group) is 1. The number of hydrogen-bond acceptors (Lipinski definition) is 7. The molecular formula is C25H38N4O7. The van der Waals surface area contributed by atoms with Crippen LogP contribution in [0.15, 0.2) is 18.2 Å². The lowest BCUT2D eigenvalue weighted by Gasteiger charge is -2.34. The zero-order valence-corrected chi connectivity index (χ0v) is 22.1. The molecule has 0 aliphatic heterocycles. The molecule has 1 rings (SSSR count). The van der Waals surface area contributed by atoms with Crippen LogP contribution in [0.25, 0.3) is 0 Å². The van der Waals surface area contributed by atoms with Crippen LogP contribution in [0.5, 0.6) is 0 Å². The van der Waals surface area contributed by atoms with Crippen molar-refractivity contribution in [2.45, 2.75) is 72.1 Å². The Labute approximate surface area is 212 Å². The second-order valence-corrected chi connectivity index (χ2v) is 9.45. The van der Waals surface area contributed by atoms with Crippen molar-refractivity contribution in [3.8, 4) is 0 Å². The van der Waals surface area contributed by atoms with Gasteiger partial charge in [-0.25, -0.2) is 4.79 Å². The molecule has 36 heavy (non-hydrogen) atoms. The van der Waals surface area contributed by atoms with Crippen LogP contribution in [-0.4, -0.2) is 66.5 Å². The van der Waals surface area contributed by atoms with Gasteiger partial charge in [-0.15, -0.1) is 0 Å². The predicted octanol–water partition coefficient (Wildman–Crippen LogP) is 1.64. The normalized spacial score (nSPS) is 12.6. The van der Waals surface area contributed by atoms with E-state index in [0.29, 0.717) is 5.56 Å². The number of nitrogens with two attached hydrogens (primary N) is 1. The maximum atomic E-state index is 13.7. The van der Waals surface area contributed by atoms with Gasteiger partial charge in [0.25, 0.3) is 0 Å². The van der Waals surface area contributed by atoms with Crippen molar-refractivity contribution >= 4 is 29.8 Å². The number of nitrogens with zero attached hydrogens (tertiary/aromatic N) is 1. The number of carbonyl (C=O) groups excluding carboxylic acids is 5. The van der Waals surface area contributed by atoms with E-state index in [0.717, 1.165) is 11.1 Å². The van der Waals surface area contributed by atoms with E-state index in [4.69, 9.17) is 10.5 Å². The average molecular weight is 507 g/mol. The van der Waals surface area contributed by atoms with Crippen molar-refractivity contribution in [3.05, 3.63) is 34.9 Å². The summed E-state index contributed by atoms with van der Waals surface area (Å²) in [6, 6.07) is 3.15. The maximum absolute atomic E-state index is 13.7. The van der Waals surface area contributed by atoms with Crippen molar-refractivity contribution in [1.82, 2.24) is 15.5 Å². The van der Waals surface area contributed by atoms with E-state index in [9.17, 15) is 24.0 Å². The first kappa shape index (κ1) is 30.4. The van der Waals surface area contributed by atoms with E-state index >= 15 is 0 Å². The molecule has 11 heteroatoms. The molecule has 2 unspecified atom stereocenters. The van der Waals surface area contributed by atoms with Gasteiger partial charge in [0.2, 0.25) is 17.7 Å². The van der Waals surface area contributed by atoms with Gasteiger partial charge in [-0.3, -0.25) is 19.2 Å². The lowest BCUT2D eigenvalue weighted by atomic mass is 9.98. The van der Waals surface area contributed by atoms with Gasteiger partial charge in [-0.05, 0) is 53.5 Å². The highest BCUT2D eigenvalue weighted by atomic mass is 16.6. The van der Waals surface area contributed by atoms with E-state index in [1.165, 1.54) is 12.0 Å². The Bertz CT molecular complexity index is 951. The Hall–Kier alpha value is -3.63. The Morgan fingerprint density at radius 1 is 1.06 bits per heavy atom. The fraction of sp³-hybridized carbons (Fsp3) is 0.560. The van der Waals surface area contributed by atoms with Crippen molar-refractivity contribution in [2.75, 3.05) is 20.2 Å². The minimum absolute atomic E-state index is 0.0885. The van der Waals surface area contributed by atoms with Gasteiger partial charge < -0.3 is 30.7 Å². The number of ether oxygens (including phenoxy) is 2. The van der Waals surface area contributed by atoms with Crippen LogP contribution < -0.4 is 16.4 Å². The van der Waals surface area contributed by atoms with Gasteiger partial charge in [-0.1, -0.05) is 29.3 Å². The molecule has 0 aromatic heterocycles. The second-order valence-electron chi connectivity index (χ2n) is 9.45. The molecule has 200 valence electrons. The molecule has 2 atom stereocenters. The molecular weight excluding hydrogens is 468 g/mol. The summed E-state index contributed by atoms with van der Waals surface area (Å²) in [6.07, 6.45) is -1.11. The first-order chi connectivity index (χ1) is 16.7. The SMILES string of the molecule is CCN(C(=O)C(CCC(N)=O)NC(=O)OC(C)(C)C)C(C(=O)NCC(=O)OC)c1cc(C)cc(C)c1. The molecule has 0 saturated heterocycles. The summed E-state index contributed by atoms with van der Waals surface area (Å²) >= 11 is 0. The van der Waals surface area contributed by atoms with Crippen LogP contribution in [0, 0.1) is 13.8 Å². The Morgan fingerprint density at radius 2 is 1.64 bits per heavy atom. The lowest BCUT2D eigenvalue weighted by molar-refractivity contribution is -0.144. The highest BCUT2D eigenvalue weighted by molar-refractivity contribution is 5.93. The molecule has 11 nitrogen and oxygen atoms in total. The van der Waals surface area contributed by atoms with Crippen molar-refractivity contribution in [2.24, 2.45) is 5.73 Å². The molecule has 0 saturated carbocycles. The molecule has 0 aliphatic carbocycles. The third kappa shape index (κ3) is 9.93. The minimum Gasteiger partial charge on any atom is -0.468 e. The smallest absolute Gasteiger partial charge is 0.408 e. The first-order valence-electron chi connectivity index (χ1n) is 11.7. The molecule has 1 aromatic carbocycles. The van der Waals surface area contributed by atoms with Crippen LogP contribution in [0.1, 0.15) is 63.3 Å². The number of nitrogens with one attached hydrogen (secondary N) is 2. The van der Waals surface area contributed by atoms with Gasteiger partial charge >= 0.3 is 12.1 Å². The number of carbonyl (C=O) groups is 5. The highest BCUT2D eigenvalue weighted by Crippen LogP contribution is 2.25. The molecule has 4 amide bonds. The Kier molecular flexibility index (Phi) is 11.4. The molecule has 0 bridgehead atoms. The Morgan fingerprint density at radius 3 is 2.11 bits per heavy atom. The number of rotatable bonds is 11. The summed E-state index contributed by atoms with van der Waals surface area (Å²) in [5.41, 5.74) is 6.73. The van der Waals surface area contributed by atoms with Gasteiger partial charge in [0.15, 0.2) is 0 Å². The minimum atomic E-state index is -1.19. The van der Waals surface area contributed by atoms with Gasteiger partial charge in [0.1, 0.15) is 24.2 Å². The van der Waals surface area contributed by atoms with Crippen LogP contribution in [0.4, 0.5) is 4.79 Å². The van der Waals surface area contributed by atoms with Crippen molar-refractivity contribution in [3.63, 3.8) is 0 Å². The molecule has 0 spiro atoms. The quantitative estimate of drug-likeness (QED) is 0.385. The fourth-order valence-corrected chi connectivity index (χ4v) is 3.63. The van der Waals surface area contributed by atoms with Gasteiger partial charge in [-0.2, -0.15) is 0 Å². The molecule has 4 N–H and O–H groups in total. The third-order valence-corrected chi connectivity index (χ3v) is 5.05. The highest BCUT2D eigenvalue weighted by Gasteiger charge is 2.36. The summed E-state index contributed by atoms with van der Waals surface area (Å²) in [7, 11) is 1.20. The standard InChI is InChI=1S/C25H38N4O7/c1-8-29(23(33)18(9-10-19(26)30)28-24(34)36-25(4,5)6)21(22(32)27-14-20(31)35-7)17-12-15(2)11-16(3)13-17/h11-13,18,21H,8-10,14H2,1-7H3,(H2,26,30)(H,27,32)(H,28,34). The average Bonchev–Trinajstić information content (AvgIpc) is 2.75. The number of benzene rings is 1. The van der Waals surface area contributed by atoms with Crippen LogP contribution in [-0.2, 0) is 28.7 Å². The van der Waals surface area contributed by atoms with Crippen LogP contribution in [0.2, 0.25) is 0 Å². The topological polar surface area (TPSA) is 157 Å². The van der Waals surface area contributed by atoms with Gasteiger partial charge in [0, 0.05) is 13.0 Å². The third-order valence-electron chi connectivity index (χ3n) is 5.05. The first-order valence-corrected chi connectivity index (χ1v) is 11.7. The van der Waals surface area contributed by atoms with Crippen LogP contribution in [0.3, 0.4) is 0 Å². The summed E-state index contributed by atoms with van der Waals surface area (Å²) in [6.45, 7) is 10.1. The zero-order valence-electron chi connectivity index (χ0n) is 22.1. The Balaban J connectivity index is 3.42. The van der Waals surface area contributed by atoms with Crippen molar-refractivity contribution < 1.29 is 33.4 Å². The molecule has 0 radical (unpaired) electrons. The molecule has 0 heterocycles. The maximum Gasteiger partial charge on any atom is 0.408 e. The number of esters is 1. The van der Waals surface area contributed by atoms with E-state index in [1.807, 2.05) is 19.9 Å². The van der Waals surface area contributed by atoms with E-state index in [1.54, 1.807) is 39.8 Å². The molecule has 0 aliphatic rings. The monoisotopic (exact) mass is 506 g/mol. The van der Waals surface area contributed by atoms with Gasteiger partial charge in [0.05, 0.1) is 7.11 Å². The predicted molar refractivity (Wildman–Crippen MR) is 133 cm³/mol. The number of hydrogen-bond donors (Lipinski definition) is 3. The fourth-order valence-electron chi connectivity index (χ4n) is 3.63. The number of methoxy groups -OCH3 is 1. The summed E-state index contributed by atoms with van der Waals surface area (Å²) in [4.78, 5) is 63.8. The number of alkyl carbamates (subject to hydrolysis) is 1. The lowest BCUT2D eigenvalue weighted by Crippen LogP contribution is -2.53. The van der Waals surface area contributed by atoms with E-state index in [-0.39, 0.29) is 25.9 Å². The van der Waals surface area contributed by atoms with E-state index in [2.05, 4.69) is 15.4 Å². The van der Waals surface area contributed by atoms with E-state index < -0.39 is 47.5 Å².